The Labute approximate surface area is 166 Å². The molecule has 1 N–H and O–H groups in total. The summed E-state index contributed by atoms with van der Waals surface area (Å²) in [5.74, 6) is -0.992. The fourth-order valence-corrected chi connectivity index (χ4v) is 4.74. The molecular weight excluding hydrogens is 403 g/mol. The molecule has 1 amide bonds. The summed E-state index contributed by atoms with van der Waals surface area (Å²) in [6, 6.07) is 15.3. The minimum absolute atomic E-state index is 0.0935. The van der Waals surface area contributed by atoms with E-state index in [0.29, 0.717) is 28.1 Å². The number of benzene rings is 3. The van der Waals surface area contributed by atoms with E-state index in [-0.39, 0.29) is 9.92 Å². The zero-order chi connectivity index (χ0) is 20.1. The van der Waals surface area contributed by atoms with Crippen molar-refractivity contribution >= 4 is 38.9 Å². The molecule has 0 aromatic heterocycles. The van der Waals surface area contributed by atoms with E-state index >= 15 is 0 Å². The minimum Gasteiger partial charge on any atom is -0.322 e. The van der Waals surface area contributed by atoms with Crippen molar-refractivity contribution in [2.75, 3.05) is 16.7 Å². The maximum absolute atomic E-state index is 13.3. The predicted octanol–water partition coefficient (Wildman–Crippen LogP) is 4.54. The van der Waals surface area contributed by atoms with Crippen molar-refractivity contribution in [1.82, 2.24) is 0 Å². The van der Waals surface area contributed by atoms with Crippen molar-refractivity contribution in [2.45, 2.75) is 4.90 Å². The molecule has 0 radical (unpaired) electrons. The molecule has 0 unspecified atom stereocenters. The zero-order valence-corrected chi connectivity index (χ0v) is 16.2. The number of anilines is 2. The summed E-state index contributed by atoms with van der Waals surface area (Å²) in [7, 11) is -2.17. The lowest BCUT2D eigenvalue weighted by molar-refractivity contribution is 0.102. The van der Waals surface area contributed by atoms with E-state index in [2.05, 4.69) is 5.32 Å². The molecule has 1 heterocycles. The second kappa shape index (κ2) is 6.61. The van der Waals surface area contributed by atoms with Gasteiger partial charge in [0.2, 0.25) is 0 Å². The van der Waals surface area contributed by atoms with Gasteiger partial charge in [0.1, 0.15) is 5.82 Å². The first-order chi connectivity index (χ1) is 13.3. The highest BCUT2D eigenvalue weighted by atomic mass is 35.5. The molecule has 0 saturated heterocycles. The van der Waals surface area contributed by atoms with Crippen LogP contribution >= 0.6 is 11.6 Å². The van der Waals surface area contributed by atoms with E-state index in [1.165, 1.54) is 35.6 Å². The summed E-state index contributed by atoms with van der Waals surface area (Å²) in [5, 5.41) is 2.57. The Morgan fingerprint density at radius 2 is 1.79 bits per heavy atom. The molecule has 0 aliphatic carbocycles. The molecule has 4 rings (SSSR count). The first kappa shape index (κ1) is 18.5. The van der Waals surface area contributed by atoms with Crippen LogP contribution in [-0.4, -0.2) is 21.4 Å². The lowest BCUT2D eigenvalue weighted by atomic mass is 10.00. The van der Waals surface area contributed by atoms with Crippen LogP contribution in [-0.2, 0) is 10.0 Å². The van der Waals surface area contributed by atoms with Gasteiger partial charge in [-0.3, -0.25) is 9.10 Å². The number of amides is 1. The molecule has 28 heavy (non-hydrogen) atoms. The predicted molar refractivity (Wildman–Crippen MR) is 107 cm³/mol. The summed E-state index contributed by atoms with van der Waals surface area (Å²) in [6.45, 7) is 0. The third kappa shape index (κ3) is 2.93. The summed E-state index contributed by atoms with van der Waals surface area (Å²) in [4.78, 5) is 12.8. The average molecular weight is 417 g/mol. The zero-order valence-electron chi connectivity index (χ0n) is 14.6. The standard InChI is InChI=1S/C20H14ClFN2O3S/c1-24-18-9-6-12(20(25)23-13-7-8-17(22)16(21)11-13)10-15(18)14-4-2-3-5-19(14)28(24,26)27/h2-11H,1H3,(H,23,25). The van der Waals surface area contributed by atoms with Crippen LogP contribution in [0.15, 0.2) is 65.6 Å². The summed E-state index contributed by atoms with van der Waals surface area (Å²) in [5.41, 5.74) is 2.35. The van der Waals surface area contributed by atoms with Gasteiger partial charge in [-0.2, -0.15) is 0 Å². The molecule has 0 saturated carbocycles. The Kier molecular flexibility index (Phi) is 4.36. The lowest BCUT2D eigenvalue weighted by Crippen LogP contribution is -2.30. The Morgan fingerprint density at radius 1 is 1.04 bits per heavy atom. The molecule has 1 aliphatic heterocycles. The molecule has 5 nitrogen and oxygen atoms in total. The Morgan fingerprint density at radius 3 is 2.54 bits per heavy atom. The van der Waals surface area contributed by atoms with Crippen LogP contribution in [0.2, 0.25) is 5.02 Å². The highest BCUT2D eigenvalue weighted by molar-refractivity contribution is 7.93. The van der Waals surface area contributed by atoms with Crippen LogP contribution in [0.5, 0.6) is 0 Å². The van der Waals surface area contributed by atoms with Crippen LogP contribution in [0.25, 0.3) is 11.1 Å². The molecule has 1 aliphatic rings. The third-order valence-corrected chi connectivity index (χ3v) is 6.71. The van der Waals surface area contributed by atoms with E-state index in [1.807, 2.05) is 0 Å². The van der Waals surface area contributed by atoms with Crippen LogP contribution in [0.3, 0.4) is 0 Å². The van der Waals surface area contributed by atoms with Gasteiger partial charge in [-0.25, -0.2) is 12.8 Å². The third-order valence-electron chi connectivity index (χ3n) is 4.59. The minimum atomic E-state index is -3.64. The SMILES string of the molecule is CN1c2ccc(C(=O)Nc3ccc(F)c(Cl)c3)cc2-c2ccccc2S1(=O)=O. The maximum atomic E-state index is 13.3. The number of rotatable bonds is 2. The first-order valence-corrected chi connectivity index (χ1v) is 10.1. The Hall–Kier alpha value is -2.90. The molecule has 8 heteroatoms. The lowest BCUT2D eigenvalue weighted by Gasteiger charge is -2.29. The van der Waals surface area contributed by atoms with Crippen molar-refractivity contribution < 1.29 is 17.6 Å². The van der Waals surface area contributed by atoms with Crippen LogP contribution in [0.1, 0.15) is 10.4 Å². The number of fused-ring (bicyclic) bond motifs is 3. The molecule has 0 spiro atoms. The molecular formula is C20H14ClFN2O3S. The fraction of sp³-hybridized carbons (Fsp3) is 0.0500. The number of hydrogen-bond donors (Lipinski definition) is 1. The van der Waals surface area contributed by atoms with E-state index in [0.717, 1.165) is 0 Å². The smallest absolute Gasteiger partial charge is 0.264 e. The monoisotopic (exact) mass is 416 g/mol. The molecule has 0 atom stereocenters. The van der Waals surface area contributed by atoms with E-state index < -0.39 is 21.7 Å². The van der Waals surface area contributed by atoms with Gasteiger partial charge in [0.05, 0.1) is 15.6 Å². The number of halogens is 2. The van der Waals surface area contributed by atoms with Gasteiger partial charge in [0.15, 0.2) is 0 Å². The fourth-order valence-electron chi connectivity index (χ4n) is 3.14. The first-order valence-electron chi connectivity index (χ1n) is 8.28. The van der Waals surface area contributed by atoms with Crippen molar-refractivity contribution in [2.24, 2.45) is 0 Å². The highest BCUT2D eigenvalue weighted by Crippen LogP contribution is 2.42. The van der Waals surface area contributed by atoms with Crippen molar-refractivity contribution in [1.29, 1.82) is 0 Å². The normalized spacial score (nSPS) is 14.2. The van der Waals surface area contributed by atoms with Gasteiger partial charge in [0, 0.05) is 29.4 Å². The van der Waals surface area contributed by atoms with E-state index in [4.69, 9.17) is 11.6 Å². The van der Waals surface area contributed by atoms with Gasteiger partial charge >= 0.3 is 0 Å². The van der Waals surface area contributed by atoms with Crippen molar-refractivity contribution in [3.8, 4) is 11.1 Å². The second-order valence-corrected chi connectivity index (χ2v) is 8.63. The van der Waals surface area contributed by atoms with Crippen LogP contribution < -0.4 is 9.62 Å². The molecule has 3 aromatic carbocycles. The van der Waals surface area contributed by atoms with Gasteiger partial charge < -0.3 is 5.32 Å². The van der Waals surface area contributed by atoms with E-state index in [9.17, 15) is 17.6 Å². The summed E-state index contributed by atoms with van der Waals surface area (Å²) in [6.07, 6.45) is 0. The second-order valence-electron chi connectivity index (χ2n) is 6.28. The summed E-state index contributed by atoms with van der Waals surface area (Å²) < 4.78 is 39.9. The van der Waals surface area contributed by atoms with Crippen molar-refractivity contribution in [3.63, 3.8) is 0 Å². The highest BCUT2D eigenvalue weighted by Gasteiger charge is 2.32. The summed E-state index contributed by atoms with van der Waals surface area (Å²) >= 11 is 5.75. The van der Waals surface area contributed by atoms with Gasteiger partial charge in [-0.15, -0.1) is 0 Å². The molecule has 0 fully saturated rings. The molecule has 0 bridgehead atoms. The Bertz CT molecular complexity index is 1230. The topological polar surface area (TPSA) is 66.5 Å². The van der Waals surface area contributed by atoms with Crippen LogP contribution in [0, 0.1) is 5.82 Å². The van der Waals surface area contributed by atoms with Crippen molar-refractivity contribution in [3.05, 3.63) is 77.1 Å². The number of carbonyl (C=O) groups is 1. The Balaban J connectivity index is 1.75. The van der Waals surface area contributed by atoms with E-state index in [1.54, 1.807) is 36.4 Å². The largest absolute Gasteiger partial charge is 0.322 e. The maximum Gasteiger partial charge on any atom is 0.264 e. The number of hydrogen-bond acceptors (Lipinski definition) is 3. The number of sulfonamides is 1. The number of carbonyl (C=O) groups excluding carboxylic acids is 1. The average Bonchev–Trinajstić information content (AvgIpc) is 2.69. The number of nitrogens with zero attached hydrogens (tertiary/aromatic N) is 1. The van der Waals surface area contributed by atoms with Gasteiger partial charge in [0.25, 0.3) is 15.9 Å². The molecule has 3 aromatic rings. The van der Waals surface area contributed by atoms with Crippen LogP contribution in [0.4, 0.5) is 15.8 Å². The molecule has 142 valence electrons. The van der Waals surface area contributed by atoms with Gasteiger partial charge in [-0.05, 0) is 42.5 Å². The quantitative estimate of drug-likeness (QED) is 0.667. The van der Waals surface area contributed by atoms with Gasteiger partial charge in [-0.1, -0.05) is 29.8 Å². The number of nitrogens with one attached hydrogen (secondary N) is 1.